The zero-order chi connectivity index (χ0) is 23.5. The fourth-order valence-corrected chi connectivity index (χ4v) is 3.76. The number of amides is 1. The third-order valence-corrected chi connectivity index (χ3v) is 5.57. The number of carbonyl (C=O) groups excluding carboxylic acids is 2. The van der Waals surface area contributed by atoms with Gasteiger partial charge in [0.05, 0.1) is 13.4 Å². The largest absolute Gasteiger partial charge is 0.496 e. The van der Waals surface area contributed by atoms with Crippen LogP contribution in [0.3, 0.4) is 0 Å². The Labute approximate surface area is 192 Å². The molecule has 5 nitrogen and oxygen atoms in total. The van der Waals surface area contributed by atoms with Gasteiger partial charge in [0.1, 0.15) is 11.3 Å². The molecule has 33 heavy (non-hydrogen) atoms. The molecule has 1 aromatic heterocycles. The Bertz CT molecular complexity index is 1380. The van der Waals surface area contributed by atoms with Crippen LogP contribution in [-0.2, 0) is 4.79 Å². The van der Waals surface area contributed by atoms with Crippen LogP contribution in [0.25, 0.3) is 27.7 Å². The Hall–Kier alpha value is -4.12. The molecule has 0 fully saturated rings. The van der Waals surface area contributed by atoms with Gasteiger partial charge in [0.2, 0.25) is 5.91 Å². The molecule has 0 spiro atoms. The molecule has 0 radical (unpaired) electrons. The maximum atomic E-state index is 12.7. The van der Waals surface area contributed by atoms with Crippen molar-refractivity contribution in [1.29, 1.82) is 0 Å². The van der Waals surface area contributed by atoms with Gasteiger partial charge in [-0.15, -0.1) is 0 Å². The van der Waals surface area contributed by atoms with E-state index in [1.165, 1.54) is 18.6 Å². The van der Waals surface area contributed by atoms with E-state index in [-0.39, 0.29) is 11.7 Å². The lowest BCUT2D eigenvalue weighted by Gasteiger charge is -2.10. The minimum atomic E-state index is -0.290. The van der Waals surface area contributed by atoms with Gasteiger partial charge >= 0.3 is 0 Å². The summed E-state index contributed by atoms with van der Waals surface area (Å²) < 4.78 is 11.4. The molecule has 3 aromatic carbocycles. The molecule has 1 N–H and O–H groups in total. The number of hydrogen-bond donors (Lipinski definition) is 1. The van der Waals surface area contributed by atoms with Gasteiger partial charge in [-0.3, -0.25) is 9.59 Å². The van der Waals surface area contributed by atoms with Crippen LogP contribution >= 0.6 is 0 Å². The monoisotopic (exact) mass is 439 g/mol. The lowest BCUT2D eigenvalue weighted by molar-refractivity contribution is -0.111. The van der Waals surface area contributed by atoms with Gasteiger partial charge in [-0.2, -0.15) is 0 Å². The number of anilines is 1. The van der Waals surface area contributed by atoms with E-state index in [9.17, 15) is 9.59 Å². The first-order valence-electron chi connectivity index (χ1n) is 10.6. The maximum absolute atomic E-state index is 12.7. The van der Waals surface area contributed by atoms with Crippen molar-refractivity contribution in [2.45, 2.75) is 20.8 Å². The third kappa shape index (κ3) is 4.72. The molecule has 1 heterocycles. The molecule has 0 aliphatic carbocycles. The quantitative estimate of drug-likeness (QED) is 0.269. The molecule has 1 amide bonds. The number of ether oxygens (including phenoxy) is 1. The SMILES string of the molecule is COc1cc2occ(-c3ccc(C)cc3)c2cc1/C(C)=C/C(=O)Nc1cccc(C(C)=O)c1. The lowest BCUT2D eigenvalue weighted by atomic mass is 9.99. The van der Waals surface area contributed by atoms with Crippen molar-refractivity contribution in [1.82, 2.24) is 0 Å². The predicted octanol–water partition coefficient (Wildman–Crippen LogP) is 6.66. The Kier molecular flexibility index (Phi) is 6.13. The van der Waals surface area contributed by atoms with E-state index < -0.39 is 0 Å². The normalized spacial score (nSPS) is 11.5. The van der Waals surface area contributed by atoms with Crippen LogP contribution in [0, 0.1) is 6.92 Å². The van der Waals surface area contributed by atoms with Crippen LogP contribution in [0.1, 0.15) is 35.3 Å². The number of allylic oxidation sites excluding steroid dienone is 1. The van der Waals surface area contributed by atoms with Crippen molar-refractivity contribution in [3.8, 4) is 16.9 Å². The molecule has 0 saturated heterocycles. The van der Waals surface area contributed by atoms with Crippen molar-refractivity contribution >= 4 is 33.9 Å². The third-order valence-electron chi connectivity index (χ3n) is 5.57. The summed E-state index contributed by atoms with van der Waals surface area (Å²) in [7, 11) is 1.59. The number of aryl methyl sites for hydroxylation is 1. The molecular formula is C28H25NO4. The van der Waals surface area contributed by atoms with Gasteiger partial charge in [-0.1, -0.05) is 42.0 Å². The first-order chi connectivity index (χ1) is 15.9. The maximum Gasteiger partial charge on any atom is 0.248 e. The van der Waals surface area contributed by atoms with E-state index in [1.807, 2.05) is 19.1 Å². The van der Waals surface area contributed by atoms with E-state index in [0.29, 0.717) is 22.6 Å². The van der Waals surface area contributed by atoms with Gasteiger partial charge in [0.25, 0.3) is 0 Å². The summed E-state index contributed by atoms with van der Waals surface area (Å²) in [6.45, 7) is 5.41. The van der Waals surface area contributed by atoms with Gasteiger partial charge in [-0.25, -0.2) is 0 Å². The molecule has 0 aliphatic rings. The zero-order valence-corrected chi connectivity index (χ0v) is 19.1. The molecule has 0 aliphatic heterocycles. The number of rotatable bonds is 6. The van der Waals surface area contributed by atoms with Crippen LogP contribution in [0.4, 0.5) is 5.69 Å². The van der Waals surface area contributed by atoms with Crippen LogP contribution in [-0.4, -0.2) is 18.8 Å². The second-order valence-electron chi connectivity index (χ2n) is 8.02. The summed E-state index contributed by atoms with van der Waals surface area (Å²) in [5.74, 6) is 0.272. The van der Waals surface area contributed by atoms with Crippen molar-refractivity contribution in [3.63, 3.8) is 0 Å². The van der Waals surface area contributed by atoms with Crippen molar-refractivity contribution < 1.29 is 18.7 Å². The standard InChI is InChI=1S/C28H25NO4/c1-17-8-10-20(11-9-17)25-16-33-27-15-26(32-4)23(14-24(25)27)18(2)12-28(31)29-22-7-5-6-21(13-22)19(3)30/h5-16H,1-4H3,(H,29,31)/b18-12+. The highest BCUT2D eigenvalue weighted by molar-refractivity contribution is 6.06. The van der Waals surface area contributed by atoms with E-state index in [1.54, 1.807) is 37.6 Å². The van der Waals surface area contributed by atoms with E-state index in [0.717, 1.165) is 27.6 Å². The Morgan fingerprint density at radius 3 is 2.45 bits per heavy atom. The number of furan rings is 1. The van der Waals surface area contributed by atoms with Crippen LogP contribution in [0.5, 0.6) is 5.75 Å². The lowest BCUT2D eigenvalue weighted by Crippen LogP contribution is -2.09. The fraction of sp³-hybridized carbons (Fsp3) is 0.143. The van der Waals surface area contributed by atoms with Crippen molar-refractivity contribution in [3.05, 3.63) is 89.7 Å². The Balaban J connectivity index is 1.68. The second kappa shape index (κ2) is 9.17. The van der Waals surface area contributed by atoms with Crippen LogP contribution < -0.4 is 10.1 Å². The number of hydrogen-bond acceptors (Lipinski definition) is 4. The molecule has 4 aromatic rings. The summed E-state index contributed by atoms with van der Waals surface area (Å²) in [6, 6.07) is 19.0. The van der Waals surface area contributed by atoms with Gasteiger partial charge in [0, 0.05) is 39.9 Å². The topological polar surface area (TPSA) is 68.5 Å². The first-order valence-corrected chi connectivity index (χ1v) is 10.6. The Morgan fingerprint density at radius 1 is 1.00 bits per heavy atom. The minimum Gasteiger partial charge on any atom is -0.496 e. The summed E-state index contributed by atoms with van der Waals surface area (Å²) in [5.41, 5.74) is 6.58. The highest BCUT2D eigenvalue weighted by atomic mass is 16.5. The minimum absolute atomic E-state index is 0.0552. The van der Waals surface area contributed by atoms with Crippen LogP contribution in [0.2, 0.25) is 0 Å². The number of benzene rings is 3. The molecule has 0 bridgehead atoms. The van der Waals surface area contributed by atoms with Crippen LogP contribution in [0.15, 0.2) is 77.4 Å². The smallest absolute Gasteiger partial charge is 0.248 e. The highest BCUT2D eigenvalue weighted by Crippen LogP contribution is 2.37. The van der Waals surface area contributed by atoms with E-state index in [4.69, 9.17) is 9.15 Å². The average Bonchev–Trinajstić information content (AvgIpc) is 3.21. The van der Waals surface area contributed by atoms with Crippen molar-refractivity contribution in [2.75, 3.05) is 12.4 Å². The number of carbonyl (C=O) groups is 2. The number of nitrogens with one attached hydrogen (secondary N) is 1. The molecule has 0 atom stereocenters. The summed E-state index contributed by atoms with van der Waals surface area (Å²) >= 11 is 0. The summed E-state index contributed by atoms with van der Waals surface area (Å²) in [6.07, 6.45) is 3.27. The highest BCUT2D eigenvalue weighted by Gasteiger charge is 2.15. The predicted molar refractivity (Wildman–Crippen MR) is 132 cm³/mol. The van der Waals surface area contributed by atoms with Gasteiger partial charge in [0.15, 0.2) is 5.78 Å². The fourth-order valence-electron chi connectivity index (χ4n) is 3.76. The molecule has 4 rings (SSSR count). The molecule has 166 valence electrons. The number of fused-ring (bicyclic) bond motifs is 1. The molecule has 0 saturated carbocycles. The molecule has 5 heteroatoms. The average molecular weight is 440 g/mol. The number of Topliss-reactive ketones (excluding diaryl/α,β-unsaturated/α-hetero) is 1. The number of methoxy groups -OCH3 is 1. The number of ketones is 1. The Morgan fingerprint density at radius 2 is 1.76 bits per heavy atom. The second-order valence-corrected chi connectivity index (χ2v) is 8.02. The summed E-state index contributed by atoms with van der Waals surface area (Å²) in [5, 5.41) is 3.76. The van der Waals surface area contributed by atoms with E-state index >= 15 is 0 Å². The molecular weight excluding hydrogens is 414 g/mol. The van der Waals surface area contributed by atoms with Gasteiger partial charge < -0.3 is 14.5 Å². The van der Waals surface area contributed by atoms with Gasteiger partial charge in [-0.05, 0) is 50.1 Å². The zero-order valence-electron chi connectivity index (χ0n) is 19.1. The molecule has 0 unspecified atom stereocenters. The van der Waals surface area contributed by atoms with Crippen molar-refractivity contribution in [2.24, 2.45) is 0 Å². The van der Waals surface area contributed by atoms with E-state index in [2.05, 4.69) is 36.5 Å². The first kappa shape index (κ1) is 22.1. The summed E-state index contributed by atoms with van der Waals surface area (Å²) in [4.78, 5) is 24.3.